The highest BCUT2D eigenvalue weighted by Gasteiger charge is 2.23. The summed E-state index contributed by atoms with van der Waals surface area (Å²) in [6.07, 6.45) is -0.973. The van der Waals surface area contributed by atoms with Gasteiger partial charge in [0.05, 0.1) is 11.4 Å². The van der Waals surface area contributed by atoms with Crippen LogP contribution in [-0.2, 0) is 16.1 Å². The quantitative estimate of drug-likeness (QED) is 0.257. The minimum absolute atomic E-state index is 0.147. The fraction of sp³-hybridized carbons (Fsp3) is 0.240. The van der Waals surface area contributed by atoms with Crippen molar-refractivity contribution in [2.45, 2.75) is 26.5 Å². The summed E-state index contributed by atoms with van der Waals surface area (Å²) < 4.78 is 16.7. The molecule has 3 rings (SSSR count). The van der Waals surface area contributed by atoms with Crippen molar-refractivity contribution in [3.8, 4) is 11.5 Å². The summed E-state index contributed by atoms with van der Waals surface area (Å²) in [6.45, 7) is 3.85. The third-order valence-corrected chi connectivity index (χ3v) is 5.63. The number of Topliss-reactive ketones (excluding diaryl/α,β-unsaturated/α-hetero) is 1. The fourth-order valence-corrected chi connectivity index (χ4v) is 3.85. The smallest absolute Gasteiger partial charge is 0.342 e. The van der Waals surface area contributed by atoms with Crippen molar-refractivity contribution in [2.24, 2.45) is 0 Å². The zero-order valence-corrected chi connectivity index (χ0v) is 19.2. The molecule has 1 amide bonds. The van der Waals surface area contributed by atoms with Crippen LogP contribution in [0.3, 0.4) is 0 Å². The second-order valence-corrected chi connectivity index (χ2v) is 8.26. The number of amides is 1. The topological polar surface area (TPSA) is 90.9 Å². The number of para-hydroxylation sites is 2. The summed E-state index contributed by atoms with van der Waals surface area (Å²) in [7, 11) is 0. The molecule has 0 fully saturated rings. The standard InChI is InChI=1S/C25H25NO6S/c1-17(24(28)23-13-12-20(33-23)16-26-18(2)27)32-25(29)21-10-6-7-11-22(21)31-15-14-30-19-8-4-3-5-9-19/h3-13,17H,14-16H2,1-2H3,(H,26,27). The van der Waals surface area contributed by atoms with Crippen LogP contribution in [0.4, 0.5) is 0 Å². The van der Waals surface area contributed by atoms with E-state index >= 15 is 0 Å². The molecule has 1 heterocycles. The molecule has 172 valence electrons. The van der Waals surface area contributed by atoms with Crippen molar-refractivity contribution in [3.63, 3.8) is 0 Å². The first kappa shape index (κ1) is 24.0. The molecule has 0 saturated heterocycles. The molecule has 1 atom stereocenters. The Morgan fingerprint density at radius 3 is 2.36 bits per heavy atom. The zero-order valence-electron chi connectivity index (χ0n) is 18.4. The third kappa shape index (κ3) is 7.18. The van der Waals surface area contributed by atoms with Crippen LogP contribution < -0.4 is 14.8 Å². The summed E-state index contributed by atoms with van der Waals surface area (Å²) in [5, 5.41) is 2.69. The molecule has 0 bridgehead atoms. The van der Waals surface area contributed by atoms with Gasteiger partial charge in [0, 0.05) is 11.8 Å². The molecule has 2 aromatic carbocycles. The Labute approximate surface area is 196 Å². The highest BCUT2D eigenvalue weighted by atomic mass is 32.1. The van der Waals surface area contributed by atoms with Crippen LogP contribution in [0.2, 0.25) is 0 Å². The van der Waals surface area contributed by atoms with Crippen LogP contribution >= 0.6 is 11.3 Å². The molecule has 3 aromatic rings. The van der Waals surface area contributed by atoms with E-state index < -0.39 is 12.1 Å². The molecule has 0 aliphatic rings. The molecule has 1 unspecified atom stereocenters. The molecular weight excluding hydrogens is 442 g/mol. The predicted molar refractivity (Wildman–Crippen MR) is 125 cm³/mol. The van der Waals surface area contributed by atoms with E-state index in [0.717, 1.165) is 10.6 Å². The van der Waals surface area contributed by atoms with Crippen LogP contribution in [-0.4, -0.2) is 37.0 Å². The molecule has 1 aromatic heterocycles. The van der Waals surface area contributed by atoms with Crippen molar-refractivity contribution in [1.29, 1.82) is 0 Å². The molecule has 0 aliphatic carbocycles. The number of hydrogen-bond donors (Lipinski definition) is 1. The lowest BCUT2D eigenvalue weighted by molar-refractivity contribution is -0.119. The summed E-state index contributed by atoms with van der Waals surface area (Å²) in [4.78, 5) is 37.8. The first-order valence-electron chi connectivity index (χ1n) is 10.4. The highest BCUT2D eigenvalue weighted by molar-refractivity contribution is 7.14. The van der Waals surface area contributed by atoms with E-state index in [0.29, 0.717) is 23.8 Å². The molecule has 0 spiro atoms. The molecule has 8 heteroatoms. The van der Waals surface area contributed by atoms with Gasteiger partial charge in [-0.2, -0.15) is 0 Å². The second kappa shape index (κ2) is 11.8. The van der Waals surface area contributed by atoms with Crippen molar-refractivity contribution < 1.29 is 28.6 Å². The minimum Gasteiger partial charge on any atom is -0.490 e. The predicted octanol–water partition coefficient (Wildman–Crippen LogP) is 4.27. The lowest BCUT2D eigenvalue weighted by Crippen LogP contribution is -2.24. The Hall–Kier alpha value is -3.65. The van der Waals surface area contributed by atoms with Crippen LogP contribution in [0.1, 0.15) is 38.8 Å². The molecule has 7 nitrogen and oxygen atoms in total. The maximum Gasteiger partial charge on any atom is 0.342 e. The third-order valence-electron chi connectivity index (χ3n) is 4.53. The average molecular weight is 468 g/mol. The maximum absolute atomic E-state index is 12.7. The Balaban J connectivity index is 1.55. The monoisotopic (exact) mass is 467 g/mol. The molecule has 0 radical (unpaired) electrons. The van der Waals surface area contributed by atoms with E-state index in [1.54, 1.807) is 36.4 Å². The van der Waals surface area contributed by atoms with Gasteiger partial charge >= 0.3 is 5.97 Å². The lowest BCUT2D eigenvalue weighted by atomic mass is 10.2. The molecule has 0 aliphatic heterocycles. The van der Waals surface area contributed by atoms with Gasteiger partial charge in [-0.15, -0.1) is 11.3 Å². The van der Waals surface area contributed by atoms with Gasteiger partial charge in [-0.25, -0.2) is 4.79 Å². The number of hydrogen-bond acceptors (Lipinski definition) is 7. The van der Waals surface area contributed by atoms with Gasteiger partial charge in [-0.1, -0.05) is 30.3 Å². The van der Waals surface area contributed by atoms with Crippen LogP contribution in [0.5, 0.6) is 11.5 Å². The van der Waals surface area contributed by atoms with Crippen LogP contribution in [0.15, 0.2) is 66.7 Å². The van der Waals surface area contributed by atoms with E-state index in [2.05, 4.69) is 5.32 Å². The molecule has 0 saturated carbocycles. The second-order valence-electron chi connectivity index (χ2n) is 7.09. The van der Waals surface area contributed by atoms with Crippen LogP contribution in [0.25, 0.3) is 0 Å². The number of rotatable bonds is 11. The summed E-state index contributed by atoms with van der Waals surface area (Å²) in [6, 6.07) is 19.5. The number of carbonyl (C=O) groups excluding carboxylic acids is 3. The van der Waals surface area contributed by atoms with Gasteiger partial charge in [0.1, 0.15) is 30.3 Å². The van der Waals surface area contributed by atoms with E-state index in [9.17, 15) is 14.4 Å². The van der Waals surface area contributed by atoms with Gasteiger partial charge in [0.2, 0.25) is 11.7 Å². The van der Waals surface area contributed by atoms with E-state index in [4.69, 9.17) is 14.2 Å². The number of carbonyl (C=O) groups is 3. The number of nitrogens with one attached hydrogen (secondary N) is 1. The maximum atomic E-state index is 12.7. The van der Waals surface area contributed by atoms with Crippen molar-refractivity contribution in [3.05, 3.63) is 82.0 Å². The number of ketones is 1. The van der Waals surface area contributed by atoms with Gasteiger partial charge in [0.25, 0.3) is 0 Å². The number of esters is 1. The largest absolute Gasteiger partial charge is 0.490 e. The average Bonchev–Trinajstić information content (AvgIpc) is 3.30. The minimum atomic E-state index is -0.973. The number of benzene rings is 2. The fourth-order valence-electron chi connectivity index (χ4n) is 2.88. The van der Waals surface area contributed by atoms with E-state index in [-0.39, 0.29) is 23.9 Å². The Bertz CT molecular complexity index is 1100. The summed E-state index contributed by atoms with van der Waals surface area (Å²) in [5.74, 6) is -0.0175. The number of ether oxygens (including phenoxy) is 3. The van der Waals surface area contributed by atoms with Gasteiger partial charge in [-0.05, 0) is 43.3 Å². The van der Waals surface area contributed by atoms with Gasteiger partial charge in [-0.3, -0.25) is 9.59 Å². The van der Waals surface area contributed by atoms with Crippen molar-refractivity contribution in [1.82, 2.24) is 5.32 Å². The van der Waals surface area contributed by atoms with Gasteiger partial charge < -0.3 is 19.5 Å². The summed E-state index contributed by atoms with van der Waals surface area (Å²) in [5.41, 5.74) is 0.231. The first-order valence-corrected chi connectivity index (χ1v) is 11.2. The van der Waals surface area contributed by atoms with Gasteiger partial charge in [0.15, 0.2) is 6.10 Å². The normalized spacial score (nSPS) is 11.3. The first-order chi connectivity index (χ1) is 15.9. The Morgan fingerprint density at radius 1 is 0.909 bits per heavy atom. The van der Waals surface area contributed by atoms with E-state index in [1.165, 1.54) is 25.2 Å². The molecular formula is C25H25NO6S. The van der Waals surface area contributed by atoms with Crippen molar-refractivity contribution >= 4 is 29.0 Å². The highest BCUT2D eigenvalue weighted by Crippen LogP contribution is 2.22. The Kier molecular flexibility index (Phi) is 8.60. The lowest BCUT2D eigenvalue weighted by Gasteiger charge is -2.14. The molecule has 1 N–H and O–H groups in total. The Morgan fingerprint density at radius 2 is 1.61 bits per heavy atom. The SMILES string of the molecule is CC(=O)NCc1ccc(C(=O)C(C)OC(=O)c2ccccc2OCCOc2ccccc2)s1. The summed E-state index contributed by atoms with van der Waals surface area (Å²) >= 11 is 1.25. The number of thiophene rings is 1. The van der Waals surface area contributed by atoms with E-state index in [1.807, 2.05) is 30.3 Å². The van der Waals surface area contributed by atoms with Crippen molar-refractivity contribution in [2.75, 3.05) is 13.2 Å². The zero-order chi connectivity index (χ0) is 23.6. The molecule has 33 heavy (non-hydrogen) atoms. The van der Waals surface area contributed by atoms with Crippen LogP contribution in [0, 0.1) is 0 Å².